The number of amides is 1. The van der Waals surface area contributed by atoms with Gasteiger partial charge in [0.25, 0.3) is 11.7 Å². The Hall–Kier alpha value is -3.32. The number of carbonyl (C=O) groups is 2. The summed E-state index contributed by atoms with van der Waals surface area (Å²) >= 11 is 0. The van der Waals surface area contributed by atoms with Crippen LogP contribution in [-0.4, -0.2) is 47.7 Å². The van der Waals surface area contributed by atoms with E-state index < -0.39 is 17.7 Å². The van der Waals surface area contributed by atoms with E-state index >= 15 is 0 Å². The summed E-state index contributed by atoms with van der Waals surface area (Å²) < 4.78 is 16.3. The van der Waals surface area contributed by atoms with Crippen LogP contribution in [0.25, 0.3) is 5.76 Å². The monoisotopic (exact) mass is 437 g/mol. The molecule has 2 aliphatic heterocycles. The third-order valence-electron chi connectivity index (χ3n) is 5.67. The fourth-order valence-electron chi connectivity index (χ4n) is 3.98. The first-order chi connectivity index (χ1) is 15.4. The van der Waals surface area contributed by atoms with Crippen molar-refractivity contribution in [3.05, 3.63) is 64.7 Å². The number of carbonyl (C=O) groups excluding carboxylic acids is 2. The van der Waals surface area contributed by atoms with Gasteiger partial charge in [0.1, 0.15) is 5.76 Å². The molecule has 4 rings (SSSR count). The second-order valence-electron chi connectivity index (χ2n) is 8.08. The summed E-state index contributed by atoms with van der Waals surface area (Å²) in [7, 11) is 0. The fourth-order valence-corrected chi connectivity index (χ4v) is 3.98. The Kier molecular flexibility index (Phi) is 6.19. The van der Waals surface area contributed by atoms with Gasteiger partial charge in [0, 0.05) is 12.1 Å². The Morgan fingerprint density at radius 3 is 2.53 bits per heavy atom. The van der Waals surface area contributed by atoms with Crippen LogP contribution in [0.1, 0.15) is 43.5 Å². The number of aliphatic hydroxyl groups excluding tert-OH is 1. The van der Waals surface area contributed by atoms with Gasteiger partial charge in [-0.25, -0.2) is 0 Å². The molecule has 2 aliphatic rings. The number of nitrogens with zero attached hydrogens (tertiary/aromatic N) is 1. The minimum Gasteiger partial charge on any atom is -0.507 e. The highest BCUT2D eigenvalue weighted by Gasteiger charge is 2.46. The SMILES string of the molecule is CCc1ccc(C2/C(=C(/O)c3ccc4c(c3)OCO4)C(=O)C(=O)N2CCOC(C)C)cc1. The van der Waals surface area contributed by atoms with Gasteiger partial charge in [-0.05, 0) is 49.6 Å². The van der Waals surface area contributed by atoms with Crippen molar-refractivity contribution in [2.45, 2.75) is 39.3 Å². The Bertz CT molecular complexity index is 1060. The summed E-state index contributed by atoms with van der Waals surface area (Å²) in [6.45, 7) is 6.51. The molecule has 7 nitrogen and oxygen atoms in total. The predicted molar refractivity (Wildman–Crippen MR) is 118 cm³/mol. The zero-order chi connectivity index (χ0) is 22.8. The van der Waals surface area contributed by atoms with E-state index in [0.717, 1.165) is 17.5 Å². The summed E-state index contributed by atoms with van der Waals surface area (Å²) in [5.74, 6) is -0.547. The molecule has 2 aromatic rings. The van der Waals surface area contributed by atoms with Crippen molar-refractivity contribution < 1.29 is 28.9 Å². The maximum absolute atomic E-state index is 13.1. The molecule has 0 spiro atoms. The van der Waals surface area contributed by atoms with Crippen LogP contribution in [0.4, 0.5) is 0 Å². The van der Waals surface area contributed by atoms with Gasteiger partial charge in [-0.2, -0.15) is 0 Å². The summed E-state index contributed by atoms with van der Waals surface area (Å²) in [4.78, 5) is 27.5. The number of ether oxygens (including phenoxy) is 3. The van der Waals surface area contributed by atoms with Gasteiger partial charge in [0.15, 0.2) is 11.5 Å². The lowest BCUT2D eigenvalue weighted by Crippen LogP contribution is -2.33. The number of hydrogen-bond acceptors (Lipinski definition) is 6. The van der Waals surface area contributed by atoms with E-state index in [2.05, 4.69) is 6.92 Å². The highest BCUT2D eigenvalue weighted by atomic mass is 16.7. The smallest absolute Gasteiger partial charge is 0.295 e. The molecule has 1 unspecified atom stereocenters. The molecule has 1 fully saturated rings. The minimum absolute atomic E-state index is 0.00254. The van der Waals surface area contributed by atoms with Crippen LogP contribution in [0.3, 0.4) is 0 Å². The van der Waals surface area contributed by atoms with Crippen molar-refractivity contribution in [2.24, 2.45) is 0 Å². The largest absolute Gasteiger partial charge is 0.507 e. The molecule has 0 saturated carbocycles. The van der Waals surface area contributed by atoms with Crippen LogP contribution in [0.5, 0.6) is 11.5 Å². The average Bonchev–Trinajstić information content (AvgIpc) is 3.36. The normalized spacial score (nSPS) is 19.2. The standard InChI is InChI=1S/C25H27NO6/c1-4-16-5-7-17(8-6-16)22-21(24(28)25(29)26(22)11-12-30-15(2)3)23(27)18-9-10-19-20(13-18)32-14-31-19/h5-10,13,15,22,27H,4,11-12,14H2,1-3H3/b23-21-. The Balaban J connectivity index is 1.77. The molecule has 0 bridgehead atoms. The number of rotatable bonds is 7. The number of aryl methyl sites for hydroxylation is 1. The first-order valence-corrected chi connectivity index (χ1v) is 10.8. The van der Waals surface area contributed by atoms with Gasteiger partial charge in [-0.15, -0.1) is 0 Å². The highest BCUT2D eigenvalue weighted by molar-refractivity contribution is 6.46. The molecule has 1 atom stereocenters. The summed E-state index contributed by atoms with van der Waals surface area (Å²) in [6, 6.07) is 12.0. The van der Waals surface area contributed by atoms with Gasteiger partial charge < -0.3 is 24.2 Å². The number of fused-ring (bicyclic) bond motifs is 1. The maximum Gasteiger partial charge on any atom is 0.295 e. The zero-order valence-corrected chi connectivity index (χ0v) is 18.5. The van der Waals surface area contributed by atoms with Gasteiger partial charge in [-0.3, -0.25) is 9.59 Å². The molecule has 0 aromatic heterocycles. The molecule has 0 radical (unpaired) electrons. The van der Waals surface area contributed by atoms with Crippen molar-refractivity contribution in [3.63, 3.8) is 0 Å². The number of aliphatic hydroxyl groups is 1. The van der Waals surface area contributed by atoms with Crippen LogP contribution in [-0.2, 0) is 20.7 Å². The van der Waals surface area contributed by atoms with Crippen LogP contribution in [0.2, 0.25) is 0 Å². The molecule has 1 N–H and O–H groups in total. The molecule has 0 aliphatic carbocycles. The van der Waals surface area contributed by atoms with E-state index in [0.29, 0.717) is 17.1 Å². The fraction of sp³-hybridized carbons (Fsp3) is 0.360. The molecule has 168 valence electrons. The molecule has 7 heteroatoms. The number of hydrogen-bond donors (Lipinski definition) is 1. The lowest BCUT2D eigenvalue weighted by atomic mass is 9.94. The molecule has 2 heterocycles. The number of Topliss-reactive ketones (excluding diaryl/α,β-unsaturated/α-hetero) is 1. The van der Waals surface area contributed by atoms with Crippen LogP contribution in [0, 0.1) is 0 Å². The first kappa shape index (κ1) is 21.9. The van der Waals surface area contributed by atoms with E-state index in [9.17, 15) is 14.7 Å². The predicted octanol–water partition coefficient (Wildman–Crippen LogP) is 3.82. The quantitative estimate of drug-likeness (QED) is 0.403. The van der Waals surface area contributed by atoms with E-state index in [1.807, 2.05) is 38.1 Å². The van der Waals surface area contributed by atoms with Crippen LogP contribution < -0.4 is 9.47 Å². The highest BCUT2D eigenvalue weighted by Crippen LogP contribution is 2.41. The summed E-state index contributed by atoms with van der Waals surface area (Å²) in [5, 5.41) is 11.2. The third-order valence-corrected chi connectivity index (χ3v) is 5.67. The summed E-state index contributed by atoms with van der Waals surface area (Å²) in [6.07, 6.45) is 0.877. The van der Waals surface area contributed by atoms with Gasteiger partial charge >= 0.3 is 0 Å². The van der Waals surface area contributed by atoms with Crippen molar-refractivity contribution in [3.8, 4) is 11.5 Å². The van der Waals surface area contributed by atoms with Crippen molar-refractivity contribution >= 4 is 17.4 Å². The van der Waals surface area contributed by atoms with E-state index in [4.69, 9.17) is 14.2 Å². The second-order valence-corrected chi connectivity index (χ2v) is 8.08. The van der Waals surface area contributed by atoms with Crippen molar-refractivity contribution in [2.75, 3.05) is 19.9 Å². The number of ketones is 1. The molecular weight excluding hydrogens is 410 g/mol. The van der Waals surface area contributed by atoms with Crippen LogP contribution in [0.15, 0.2) is 48.0 Å². The lowest BCUT2D eigenvalue weighted by Gasteiger charge is -2.26. The van der Waals surface area contributed by atoms with Crippen molar-refractivity contribution in [1.29, 1.82) is 0 Å². The molecular formula is C25H27NO6. The lowest BCUT2D eigenvalue weighted by molar-refractivity contribution is -0.140. The van der Waals surface area contributed by atoms with E-state index in [-0.39, 0.29) is 37.4 Å². The summed E-state index contributed by atoms with van der Waals surface area (Å²) in [5.41, 5.74) is 2.35. The maximum atomic E-state index is 13.1. The molecule has 32 heavy (non-hydrogen) atoms. The Morgan fingerprint density at radius 1 is 1.12 bits per heavy atom. The van der Waals surface area contributed by atoms with Gasteiger partial charge in [-0.1, -0.05) is 31.2 Å². The minimum atomic E-state index is -0.714. The topological polar surface area (TPSA) is 85.3 Å². The zero-order valence-electron chi connectivity index (χ0n) is 18.5. The average molecular weight is 437 g/mol. The van der Waals surface area contributed by atoms with E-state index in [1.165, 1.54) is 4.90 Å². The molecule has 1 saturated heterocycles. The number of likely N-dealkylation sites (tertiary alicyclic amines) is 1. The Labute approximate surface area is 187 Å². The molecule has 1 amide bonds. The third kappa shape index (κ3) is 4.08. The van der Waals surface area contributed by atoms with Crippen LogP contribution >= 0.6 is 0 Å². The number of benzene rings is 2. The van der Waals surface area contributed by atoms with E-state index in [1.54, 1.807) is 18.2 Å². The Morgan fingerprint density at radius 2 is 1.84 bits per heavy atom. The van der Waals surface area contributed by atoms with Crippen molar-refractivity contribution in [1.82, 2.24) is 4.90 Å². The van der Waals surface area contributed by atoms with Gasteiger partial charge in [0.2, 0.25) is 6.79 Å². The molecule has 2 aromatic carbocycles. The first-order valence-electron chi connectivity index (χ1n) is 10.8. The second kappa shape index (κ2) is 9.04. The van der Waals surface area contributed by atoms with Gasteiger partial charge in [0.05, 0.1) is 24.3 Å².